The molecular weight excluding hydrogens is 250 g/mol. The number of aryl methyl sites for hydroxylation is 2. The van der Waals surface area contributed by atoms with Crippen molar-refractivity contribution in [2.24, 2.45) is 5.84 Å². The first kappa shape index (κ1) is 14.3. The fraction of sp³-hybridized carbons (Fsp3) is 0.333. The highest BCUT2D eigenvalue weighted by molar-refractivity contribution is 5.61. The Bertz CT molecular complexity index is 543. The molecule has 5 nitrogen and oxygen atoms in total. The van der Waals surface area contributed by atoms with E-state index in [-0.39, 0.29) is 0 Å². The highest BCUT2D eigenvalue weighted by Crippen LogP contribution is 2.24. The minimum atomic E-state index is 0.629. The predicted molar refractivity (Wildman–Crippen MR) is 83.1 cm³/mol. The molecule has 1 heterocycles. The van der Waals surface area contributed by atoms with Crippen LogP contribution in [0.5, 0.6) is 0 Å². The number of hydrogen-bond donors (Lipinski definition) is 2. The summed E-state index contributed by atoms with van der Waals surface area (Å²) in [5.74, 6) is 7.69. The van der Waals surface area contributed by atoms with Gasteiger partial charge in [-0.1, -0.05) is 26.0 Å². The van der Waals surface area contributed by atoms with Crippen LogP contribution < -0.4 is 16.2 Å². The molecule has 0 bridgehead atoms. The van der Waals surface area contributed by atoms with Crippen LogP contribution in [0.25, 0.3) is 0 Å². The quantitative estimate of drug-likeness (QED) is 0.646. The Hall–Kier alpha value is -2.14. The van der Waals surface area contributed by atoms with Crippen molar-refractivity contribution >= 4 is 17.3 Å². The number of aromatic nitrogens is 2. The Morgan fingerprint density at radius 1 is 1.10 bits per heavy atom. The lowest BCUT2D eigenvalue weighted by Crippen LogP contribution is -2.16. The molecule has 0 aliphatic rings. The zero-order chi connectivity index (χ0) is 14.5. The fourth-order valence-corrected chi connectivity index (χ4v) is 1.97. The molecule has 0 aliphatic carbocycles. The van der Waals surface area contributed by atoms with Crippen molar-refractivity contribution in [3.05, 3.63) is 41.7 Å². The van der Waals surface area contributed by atoms with Crippen LogP contribution in [-0.4, -0.2) is 17.0 Å². The van der Waals surface area contributed by atoms with Crippen LogP contribution >= 0.6 is 0 Å². The van der Waals surface area contributed by atoms with Gasteiger partial charge in [-0.15, -0.1) is 0 Å². The Morgan fingerprint density at radius 2 is 1.80 bits per heavy atom. The van der Waals surface area contributed by atoms with Crippen molar-refractivity contribution in [1.29, 1.82) is 0 Å². The second-order valence-electron chi connectivity index (χ2n) is 4.60. The smallest absolute Gasteiger partial charge is 0.145 e. The molecule has 1 aromatic carbocycles. The normalized spacial score (nSPS) is 10.4. The summed E-state index contributed by atoms with van der Waals surface area (Å²) in [6.45, 7) is 4.17. The van der Waals surface area contributed by atoms with Gasteiger partial charge in [-0.05, 0) is 24.1 Å². The maximum Gasteiger partial charge on any atom is 0.145 e. The fourth-order valence-electron chi connectivity index (χ4n) is 1.97. The van der Waals surface area contributed by atoms with E-state index in [0.717, 1.165) is 30.2 Å². The number of nitrogen functional groups attached to an aromatic ring is 1. The standard InChI is InChI=1S/C15H21N5/c1-4-11-6-8-12(9-7-11)20(3)15-10-14(19-16)17-13(5-2)18-15/h6-10H,4-5,16H2,1-3H3,(H,17,18,19). The van der Waals surface area contributed by atoms with E-state index in [2.05, 4.69) is 46.6 Å². The third-order valence-corrected chi connectivity index (χ3v) is 3.30. The Morgan fingerprint density at radius 3 is 2.35 bits per heavy atom. The van der Waals surface area contributed by atoms with Crippen molar-refractivity contribution in [2.45, 2.75) is 26.7 Å². The van der Waals surface area contributed by atoms with E-state index in [1.54, 1.807) is 0 Å². The maximum atomic E-state index is 5.46. The SMILES string of the molecule is CCc1ccc(N(C)c2cc(NN)nc(CC)n2)cc1. The molecule has 0 aliphatic heterocycles. The van der Waals surface area contributed by atoms with Gasteiger partial charge in [-0.2, -0.15) is 0 Å². The number of rotatable bonds is 5. The first-order chi connectivity index (χ1) is 9.67. The van der Waals surface area contributed by atoms with Gasteiger partial charge in [-0.25, -0.2) is 15.8 Å². The largest absolute Gasteiger partial charge is 0.329 e. The summed E-state index contributed by atoms with van der Waals surface area (Å²) in [7, 11) is 1.99. The van der Waals surface area contributed by atoms with E-state index in [0.29, 0.717) is 5.82 Å². The van der Waals surface area contributed by atoms with Crippen LogP contribution in [-0.2, 0) is 12.8 Å². The van der Waals surface area contributed by atoms with Gasteiger partial charge in [0, 0.05) is 25.2 Å². The monoisotopic (exact) mass is 271 g/mol. The molecule has 5 heteroatoms. The molecule has 0 saturated carbocycles. The summed E-state index contributed by atoms with van der Waals surface area (Å²) in [6.07, 6.45) is 1.81. The molecule has 2 rings (SSSR count). The molecule has 0 saturated heterocycles. The van der Waals surface area contributed by atoms with E-state index in [1.165, 1.54) is 5.56 Å². The number of nitrogens with zero attached hydrogens (tertiary/aromatic N) is 3. The zero-order valence-electron chi connectivity index (χ0n) is 12.2. The lowest BCUT2D eigenvalue weighted by atomic mass is 10.1. The number of hydrazine groups is 1. The molecule has 0 atom stereocenters. The summed E-state index contributed by atoms with van der Waals surface area (Å²) < 4.78 is 0. The predicted octanol–water partition coefficient (Wildman–Crippen LogP) is 2.65. The summed E-state index contributed by atoms with van der Waals surface area (Å²) >= 11 is 0. The molecule has 20 heavy (non-hydrogen) atoms. The molecule has 0 unspecified atom stereocenters. The van der Waals surface area contributed by atoms with E-state index in [1.807, 2.05) is 24.9 Å². The van der Waals surface area contributed by atoms with Crippen LogP contribution in [0.15, 0.2) is 30.3 Å². The summed E-state index contributed by atoms with van der Waals surface area (Å²) in [4.78, 5) is 10.9. The molecule has 2 aromatic rings. The van der Waals surface area contributed by atoms with Gasteiger partial charge in [0.25, 0.3) is 0 Å². The topological polar surface area (TPSA) is 67.1 Å². The average molecular weight is 271 g/mol. The van der Waals surface area contributed by atoms with Crippen molar-refractivity contribution in [1.82, 2.24) is 9.97 Å². The number of nitrogens with one attached hydrogen (secondary N) is 1. The summed E-state index contributed by atoms with van der Waals surface area (Å²) in [6, 6.07) is 10.3. The second-order valence-corrected chi connectivity index (χ2v) is 4.60. The molecule has 0 spiro atoms. The highest BCUT2D eigenvalue weighted by Gasteiger charge is 2.09. The number of nitrogens with two attached hydrogens (primary N) is 1. The van der Waals surface area contributed by atoms with Crippen LogP contribution in [0, 0.1) is 0 Å². The van der Waals surface area contributed by atoms with E-state index >= 15 is 0 Å². The van der Waals surface area contributed by atoms with Gasteiger partial charge in [0.2, 0.25) is 0 Å². The number of anilines is 3. The molecule has 0 amide bonds. The van der Waals surface area contributed by atoms with Crippen LogP contribution in [0.4, 0.5) is 17.3 Å². The highest BCUT2D eigenvalue weighted by atomic mass is 15.3. The first-order valence-corrected chi connectivity index (χ1v) is 6.85. The minimum absolute atomic E-state index is 0.629. The Labute approximate surface area is 119 Å². The maximum absolute atomic E-state index is 5.46. The Balaban J connectivity index is 2.33. The third-order valence-electron chi connectivity index (χ3n) is 3.30. The van der Waals surface area contributed by atoms with Gasteiger partial charge < -0.3 is 10.3 Å². The average Bonchev–Trinajstić information content (AvgIpc) is 2.53. The minimum Gasteiger partial charge on any atom is -0.329 e. The van der Waals surface area contributed by atoms with Gasteiger partial charge in [0.1, 0.15) is 17.5 Å². The van der Waals surface area contributed by atoms with Crippen molar-refractivity contribution < 1.29 is 0 Å². The van der Waals surface area contributed by atoms with Gasteiger partial charge in [-0.3, -0.25) is 0 Å². The lowest BCUT2D eigenvalue weighted by Gasteiger charge is -2.19. The molecule has 106 valence electrons. The van der Waals surface area contributed by atoms with Crippen molar-refractivity contribution in [3.8, 4) is 0 Å². The Kier molecular flexibility index (Phi) is 4.53. The zero-order valence-corrected chi connectivity index (χ0v) is 12.2. The van der Waals surface area contributed by atoms with Gasteiger partial charge in [0.05, 0.1) is 0 Å². The third kappa shape index (κ3) is 3.05. The molecule has 0 radical (unpaired) electrons. The summed E-state index contributed by atoms with van der Waals surface area (Å²) in [5.41, 5.74) is 5.00. The molecule has 3 N–H and O–H groups in total. The van der Waals surface area contributed by atoms with E-state index < -0.39 is 0 Å². The van der Waals surface area contributed by atoms with E-state index in [4.69, 9.17) is 5.84 Å². The number of benzene rings is 1. The van der Waals surface area contributed by atoms with Crippen LogP contribution in [0.3, 0.4) is 0 Å². The lowest BCUT2D eigenvalue weighted by molar-refractivity contribution is 0.924. The van der Waals surface area contributed by atoms with Crippen molar-refractivity contribution in [2.75, 3.05) is 17.4 Å². The van der Waals surface area contributed by atoms with Gasteiger partial charge in [0.15, 0.2) is 0 Å². The van der Waals surface area contributed by atoms with Crippen molar-refractivity contribution in [3.63, 3.8) is 0 Å². The van der Waals surface area contributed by atoms with E-state index in [9.17, 15) is 0 Å². The first-order valence-electron chi connectivity index (χ1n) is 6.85. The molecule has 0 fully saturated rings. The van der Waals surface area contributed by atoms with Gasteiger partial charge >= 0.3 is 0 Å². The molecular formula is C15H21N5. The summed E-state index contributed by atoms with van der Waals surface area (Å²) in [5, 5.41) is 0. The molecule has 1 aromatic heterocycles. The number of hydrogen-bond acceptors (Lipinski definition) is 5. The van der Waals surface area contributed by atoms with Crippen LogP contribution in [0.2, 0.25) is 0 Å². The van der Waals surface area contributed by atoms with Crippen LogP contribution in [0.1, 0.15) is 25.2 Å². The second kappa shape index (κ2) is 6.34.